The molecule has 0 spiro atoms. The van der Waals surface area contributed by atoms with Gasteiger partial charge in [-0.1, -0.05) is 0 Å². The third-order valence-electron chi connectivity index (χ3n) is 3.14. The van der Waals surface area contributed by atoms with Crippen LogP contribution in [0.1, 0.15) is 31.2 Å². The van der Waals surface area contributed by atoms with Crippen molar-refractivity contribution < 1.29 is 4.42 Å². The van der Waals surface area contributed by atoms with Crippen LogP contribution in [0.5, 0.6) is 0 Å². The smallest absolute Gasteiger partial charge is 0.297 e. The van der Waals surface area contributed by atoms with Gasteiger partial charge in [-0.15, -0.1) is 0 Å². The Morgan fingerprint density at radius 1 is 1.47 bits per heavy atom. The van der Waals surface area contributed by atoms with E-state index in [1.165, 1.54) is 12.8 Å². The minimum absolute atomic E-state index is 0.269. The van der Waals surface area contributed by atoms with Crippen LogP contribution in [0.25, 0.3) is 0 Å². The first-order valence-electron chi connectivity index (χ1n) is 5.64. The minimum atomic E-state index is 0.269. The second-order valence-electron chi connectivity index (χ2n) is 4.27. The standard InChI is InChI=1S/C11H19N3O/c1-8(7-12)14(2)11-13-9-5-3-4-6-10(9)15-11/h8H,3-7,12H2,1-2H3. The lowest BCUT2D eigenvalue weighted by atomic mass is 10.0. The van der Waals surface area contributed by atoms with Crippen molar-refractivity contribution in [1.82, 2.24) is 4.98 Å². The zero-order valence-electron chi connectivity index (χ0n) is 9.49. The summed E-state index contributed by atoms with van der Waals surface area (Å²) >= 11 is 0. The molecule has 0 radical (unpaired) electrons. The number of nitrogens with two attached hydrogens (primary N) is 1. The van der Waals surface area contributed by atoms with E-state index in [1.807, 2.05) is 11.9 Å². The average Bonchev–Trinajstić information content (AvgIpc) is 2.70. The lowest BCUT2D eigenvalue weighted by Gasteiger charge is -2.21. The van der Waals surface area contributed by atoms with Gasteiger partial charge in [0.15, 0.2) is 0 Å². The monoisotopic (exact) mass is 209 g/mol. The fraction of sp³-hybridized carbons (Fsp3) is 0.727. The summed E-state index contributed by atoms with van der Waals surface area (Å²) in [7, 11) is 1.98. The number of aryl methyl sites for hydroxylation is 2. The highest BCUT2D eigenvalue weighted by molar-refractivity contribution is 5.31. The maximum atomic E-state index is 5.75. The van der Waals surface area contributed by atoms with Crippen molar-refractivity contribution in [2.45, 2.75) is 38.6 Å². The molecule has 2 N–H and O–H groups in total. The molecule has 1 aromatic heterocycles. The molecule has 84 valence electrons. The molecule has 15 heavy (non-hydrogen) atoms. The largest absolute Gasteiger partial charge is 0.428 e. The number of rotatable bonds is 3. The number of nitrogens with zero attached hydrogens (tertiary/aromatic N) is 2. The van der Waals surface area contributed by atoms with Gasteiger partial charge in [0.1, 0.15) is 5.76 Å². The van der Waals surface area contributed by atoms with Crippen molar-refractivity contribution in [1.29, 1.82) is 0 Å². The summed E-state index contributed by atoms with van der Waals surface area (Å²) in [5, 5.41) is 0. The topological polar surface area (TPSA) is 55.3 Å². The number of hydrogen-bond acceptors (Lipinski definition) is 4. The number of aromatic nitrogens is 1. The van der Waals surface area contributed by atoms with Crippen molar-refractivity contribution in [2.75, 3.05) is 18.5 Å². The van der Waals surface area contributed by atoms with Crippen LogP contribution >= 0.6 is 0 Å². The summed E-state index contributed by atoms with van der Waals surface area (Å²) < 4.78 is 5.75. The van der Waals surface area contributed by atoms with E-state index in [9.17, 15) is 0 Å². The van der Waals surface area contributed by atoms with Gasteiger partial charge in [-0.3, -0.25) is 0 Å². The lowest BCUT2D eigenvalue weighted by molar-refractivity contribution is 0.464. The second kappa shape index (κ2) is 4.23. The second-order valence-corrected chi connectivity index (χ2v) is 4.27. The molecule has 0 saturated heterocycles. The molecule has 1 aliphatic carbocycles. The van der Waals surface area contributed by atoms with Crippen molar-refractivity contribution >= 4 is 6.01 Å². The van der Waals surface area contributed by atoms with E-state index in [4.69, 9.17) is 10.2 Å². The predicted molar refractivity (Wildman–Crippen MR) is 60.1 cm³/mol. The molecule has 0 bridgehead atoms. The van der Waals surface area contributed by atoms with E-state index in [0.29, 0.717) is 6.54 Å². The van der Waals surface area contributed by atoms with Gasteiger partial charge in [-0.2, -0.15) is 4.98 Å². The molecule has 1 aromatic rings. The first-order chi connectivity index (χ1) is 7.22. The molecule has 1 heterocycles. The van der Waals surface area contributed by atoms with Gasteiger partial charge in [0.25, 0.3) is 6.01 Å². The Hall–Kier alpha value is -1.03. The lowest BCUT2D eigenvalue weighted by Crippen LogP contribution is -2.35. The van der Waals surface area contributed by atoms with Gasteiger partial charge in [-0.05, 0) is 26.2 Å². The van der Waals surface area contributed by atoms with E-state index >= 15 is 0 Å². The maximum Gasteiger partial charge on any atom is 0.297 e. The van der Waals surface area contributed by atoms with Gasteiger partial charge in [-0.25, -0.2) is 0 Å². The fourth-order valence-corrected chi connectivity index (χ4v) is 1.84. The van der Waals surface area contributed by atoms with Crippen LogP contribution in [-0.2, 0) is 12.8 Å². The van der Waals surface area contributed by atoms with Crippen molar-refractivity contribution in [3.63, 3.8) is 0 Å². The summed E-state index contributed by atoms with van der Waals surface area (Å²) in [6.07, 6.45) is 4.55. The van der Waals surface area contributed by atoms with Crippen molar-refractivity contribution in [2.24, 2.45) is 5.73 Å². The number of oxazole rings is 1. The molecule has 1 aliphatic rings. The summed E-state index contributed by atoms with van der Waals surface area (Å²) in [5.74, 6) is 1.08. The van der Waals surface area contributed by atoms with Crippen LogP contribution < -0.4 is 10.6 Å². The molecule has 2 rings (SSSR count). The first-order valence-corrected chi connectivity index (χ1v) is 5.64. The molecule has 0 aliphatic heterocycles. The SMILES string of the molecule is CC(CN)N(C)c1nc2c(o1)CCCC2. The van der Waals surface area contributed by atoms with Crippen LogP contribution in [-0.4, -0.2) is 24.6 Å². The van der Waals surface area contributed by atoms with E-state index in [1.54, 1.807) is 0 Å². The minimum Gasteiger partial charge on any atom is -0.428 e. The Morgan fingerprint density at radius 3 is 2.87 bits per heavy atom. The van der Waals surface area contributed by atoms with E-state index in [2.05, 4.69) is 11.9 Å². The zero-order valence-corrected chi connectivity index (χ0v) is 9.49. The summed E-state index contributed by atoms with van der Waals surface area (Å²) in [6.45, 7) is 2.69. The molecular weight excluding hydrogens is 190 g/mol. The first kappa shape index (κ1) is 10.5. The van der Waals surface area contributed by atoms with Crippen molar-refractivity contribution in [3.05, 3.63) is 11.5 Å². The van der Waals surface area contributed by atoms with E-state index in [-0.39, 0.29) is 6.04 Å². The molecule has 0 aromatic carbocycles. The molecule has 4 heteroatoms. The molecule has 0 saturated carbocycles. The highest BCUT2D eigenvalue weighted by Crippen LogP contribution is 2.25. The van der Waals surface area contributed by atoms with Crippen LogP contribution in [0.4, 0.5) is 6.01 Å². The normalized spacial score (nSPS) is 17.3. The van der Waals surface area contributed by atoms with E-state index in [0.717, 1.165) is 30.3 Å². The zero-order chi connectivity index (χ0) is 10.8. The average molecular weight is 209 g/mol. The molecular formula is C11H19N3O. The number of likely N-dealkylation sites (N-methyl/N-ethyl adjacent to an activating group) is 1. The Labute approximate surface area is 90.5 Å². The van der Waals surface area contributed by atoms with Gasteiger partial charge in [0, 0.05) is 26.1 Å². The maximum absolute atomic E-state index is 5.75. The summed E-state index contributed by atoms with van der Waals surface area (Å²) in [4.78, 5) is 6.54. The van der Waals surface area contributed by atoms with Crippen LogP contribution in [0, 0.1) is 0 Å². The Balaban J connectivity index is 2.18. The number of hydrogen-bond donors (Lipinski definition) is 1. The van der Waals surface area contributed by atoms with Gasteiger partial charge >= 0.3 is 0 Å². The highest BCUT2D eigenvalue weighted by atomic mass is 16.4. The van der Waals surface area contributed by atoms with Gasteiger partial charge in [0.05, 0.1) is 5.69 Å². The molecule has 0 amide bonds. The predicted octanol–water partition coefficient (Wildman–Crippen LogP) is 1.34. The third-order valence-corrected chi connectivity index (χ3v) is 3.14. The van der Waals surface area contributed by atoms with E-state index < -0.39 is 0 Å². The van der Waals surface area contributed by atoms with Crippen LogP contribution in [0.3, 0.4) is 0 Å². The Kier molecular flexibility index (Phi) is 2.95. The Morgan fingerprint density at radius 2 is 2.20 bits per heavy atom. The van der Waals surface area contributed by atoms with Crippen molar-refractivity contribution in [3.8, 4) is 0 Å². The van der Waals surface area contributed by atoms with Crippen LogP contribution in [0.15, 0.2) is 4.42 Å². The number of anilines is 1. The summed E-state index contributed by atoms with van der Waals surface area (Å²) in [5.41, 5.74) is 6.77. The quantitative estimate of drug-likeness (QED) is 0.816. The molecule has 0 fully saturated rings. The van der Waals surface area contributed by atoms with Gasteiger partial charge < -0.3 is 15.1 Å². The number of fused-ring (bicyclic) bond motifs is 1. The summed E-state index contributed by atoms with van der Waals surface area (Å²) in [6, 6.07) is 0.991. The Bertz CT molecular complexity index is 311. The fourth-order valence-electron chi connectivity index (χ4n) is 1.84. The molecule has 4 nitrogen and oxygen atoms in total. The molecule has 1 unspecified atom stereocenters. The molecule has 1 atom stereocenters. The third kappa shape index (κ3) is 2.00. The van der Waals surface area contributed by atoms with Crippen LogP contribution in [0.2, 0.25) is 0 Å². The highest BCUT2D eigenvalue weighted by Gasteiger charge is 2.20. The van der Waals surface area contributed by atoms with Gasteiger partial charge in [0.2, 0.25) is 0 Å².